The van der Waals surface area contributed by atoms with E-state index in [2.05, 4.69) is 15.4 Å². The van der Waals surface area contributed by atoms with Crippen LogP contribution in [0.15, 0.2) is 54.6 Å². The predicted molar refractivity (Wildman–Crippen MR) is 75.5 cm³/mol. The standard InChI is InChI=1S/C15H9N3S/c16-10-11-6-8-13(9-7-11)15-17-14(18-19-15)12-4-2-1-3-5-12/h1-9H. The third-order valence-electron chi connectivity index (χ3n) is 2.72. The molecule has 0 aliphatic carbocycles. The fourth-order valence-corrected chi connectivity index (χ4v) is 2.42. The van der Waals surface area contributed by atoms with Gasteiger partial charge in [-0.05, 0) is 23.7 Å². The molecule has 0 spiro atoms. The Hall–Kier alpha value is -2.51. The zero-order chi connectivity index (χ0) is 13.1. The summed E-state index contributed by atoms with van der Waals surface area (Å²) in [7, 11) is 0. The fourth-order valence-electron chi connectivity index (χ4n) is 1.73. The third kappa shape index (κ3) is 2.37. The Labute approximate surface area is 115 Å². The van der Waals surface area contributed by atoms with Crippen molar-refractivity contribution in [2.75, 3.05) is 0 Å². The lowest BCUT2D eigenvalue weighted by Crippen LogP contribution is -1.81. The van der Waals surface area contributed by atoms with Crippen molar-refractivity contribution in [1.82, 2.24) is 9.36 Å². The van der Waals surface area contributed by atoms with Gasteiger partial charge in [-0.3, -0.25) is 0 Å². The number of benzene rings is 2. The number of nitriles is 1. The lowest BCUT2D eigenvalue weighted by atomic mass is 10.1. The molecular formula is C15H9N3S. The maximum Gasteiger partial charge on any atom is 0.173 e. The first kappa shape index (κ1) is 11.6. The molecule has 0 saturated heterocycles. The first-order chi connectivity index (χ1) is 9.36. The van der Waals surface area contributed by atoms with E-state index in [1.165, 1.54) is 11.5 Å². The van der Waals surface area contributed by atoms with Gasteiger partial charge in [-0.15, -0.1) is 0 Å². The van der Waals surface area contributed by atoms with Gasteiger partial charge in [-0.2, -0.15) is 9.64 Å². The second-order valence-electron chi connectivity index (χ2n) is 3.98. The molecule has 0 aliphatic heterocycles. The fraction of sp³-hybridized carbons (Fsp3) is 0. The van der Waals surface area contributed by atoms with Gasteiger partial charge in [-0.25, -0.2) is 4.98 Å². The van der Waals surface area contributed by atoms with E-state index in [9.17, 15) is 0 Å². The van der Waals surface area contributed by atoms with E-state index in [0.29, 0.717) is 5.56 Å². The van der Waals surface area contributed by atoms with Crippen molar-refractivity contribution < 1.29 is 0 Å². The molecular weight excluding hydrogens is 254 g/mol. The summed E-state index contributed by atoms with van der Waals surface area (Å²) in [6, 6.07) is 19.4. The number of hydrogen-bond acceptors (Lipinski definition) is 4. The third-order valence-corrected chi connectivity index (χ3v) is 3.48. The molecule has 3 nitrogen and oxygen atoms in total. The van der Waals surface area contributed by atoms with Crippen LogP contribution in [0.5, 0.6) is 0 Å². The molecule has 0 fully saturated rings. The summed E-state index contributed by atoms with van der Waals surface area (Å²) in [4.78, 5) is 4.53. The topological polar surface area (TPSA) is 49.6 Å². The van der Waals surface area contributed by atoms with Gasteiger partial charge in [0.05, 0.1) is 11.6 Å². The highest BCUT2D eigenvalue weighted by atomic mass is 32.1. The summed E-state index contributed by atoms with van der Waals surface area (Å²) in [6.07, 6.45) is 0. The summed E-state index contributed by atoms with van der Waals surface area (Å²) >= 11 is 1.37. The van der Waals surface area contributed by atoms with Crippen LogP contribution < -0.4 is 0 Å². The number of nitrogens with zero attached hydrogens (tertiary/aromatic N) is 3. The highest BCUT2D eigenvalue weighted by Gasteiger charge is 2.07. The molecule has 90 valence electrons. The van der Waals surface area contributed by atoms with E-state index in [1.807, 2.05) is 42.5 Å². The Morgan fingerprint density at radius 3 is 2.32 bits per heavy atom. The maximum absolute atomic E-state index is 8.78. The van der Waals surface area contributed by atoms with Crippen LogP contribution in [0.1, 0.15) is 5.56 Å². The summed E-state index contributed by atoms with van der Waals surface area (Å²) in [5, 5.41) is 9.64. The number of aromatic nitrogens is 2. The Kier molecular flexibility index (Phi) is 3.05. The van der Waals surface area contributed by atoms with Crippen molar-refractivity contribution in [1.29, 1.82) is 5.26 Å². The van der Waals surface area contributed by atoms with Crippen molar-refractivity contribution in [2.24, 2.45) is 0 Å². The molecule has 0 radical (unpaired) electrons. The Bertz CT molecular complexity index is 724. The van der Waals surface area contributed by atoms with Gasteiger partial charge >= 0.3 is 0 Å². The van der Waals surface area contributed by atoms with Crippen LogP contribution in [0.3, 0.4) is 0 Å². The van der Waals surface area contributed by atoms with Gasteiger partial charge in [0.15, 0.2) is 5.82 Å². The van der Waals surface area contributed by atoms with Gasteiger partial charge in [0, 0.05) is 11.1 Å². The molecule has 0 aliphatic rings. The minimum atomic E-state index is 0.650. The second-order valence-corrected chi connectivity index (χ2v) is 4.73. The molecule has 0 N–H and O–H groups in total. The second kappa shape index (κ2) is 5.01. The Morgan fingerprint density at radius 1 is 0.895 bits per heavy atom. The average molecular weight is 263 g/mol. The normalized spacial score (nSPS) is 10.1. The highest BCUT2D eigenvalue weighted by Crippen LogP contribution is 2.25. The zero-order valence-electron chi connectivity index (χ0n) is 9.95. The Balaban J connectivity index is 1.95. The monoisotopic (exact) mass is 263 g/mol. The van der Waals surface area contributed by atoms with Gasteiger partial charge in [0.1, 0.15) is 5.01 Å². The van der Waals surface area contributed by atoms with Crippen molar-refractivity contribution in [3.05, 3.63) is 60.2 Å². The van der Waals surface area contributed by atoms with Crippen molar-refractivity contribution in [3.8, 4) is 28.0 Å². The molecule has 0 amide bonds. The summed E-state index contributed by atoms with van der Waals surface area (Å²) in [5.41, 5.74) is 2.65. The van der Waals surface area contributed by atoms with Crippen molar-refractivity contribution in [3.63, 3.8) is 0 Å². The van der Waals surface area contributed by atoms with Gasteiger partial charge in [0.2, 0.25) is 0 Å². The van der Waals surface area contributed by atoms with E-state index >= 15 is 0 Å². The first-order valence-corrected chi connectivity index (χ1v) is 6.54. The van der Waals surface area contributed by atoms with Crippen molar-refractivity contribution >= 4 is 11.5 Å². The largest absolute Gasteiger partial charge is 0.215 e. The predicted octanol–water partition coefficient (Wildman–Crippen LogP) is 3.74. The SMILES string of the molecule is N#Cc1ccc(-c2nc(-c3ccccc3)ns2)cc1. The lowest BCUT2D eigenvalue weighted by molar-refractivity contribution is 1.32. The van der Waals surface area contributed by atoms with Gasteiger partial charge < -0.3 is 0 Å². The summed E-state index contributed by atoms with van der Waals surface area (Å²) in [6.45, 7) is 0. The van der Waals surface area contributed by atoms with Crippen LogP contribution in [0.25, 0.3) is 22.0 Å². The van der Waals surface area contributed by atoms with E-state index in [-0.39, 0.29) is 0 Å². The molecule has 0 unspecified atom stereocenters. The molecule has 0 saturated carbocycles. The molecule has 0 atom stereocenters. The van der Waals surface area contributed by atoms with Crippen LogP contribution in [-0.4, -0.2) is 9.36 Å². The molecule has 1 heterocycles. The number of hydrogen-bond donors (Lipinski definition) is 0. The lowest BCUT2D eigenvalue weighted by Gasteiger charge is -1.95. The summed E-state index contributed by atoms with van der Waals surface area (Å²) in [5.74, 6) is 0.741. The van der Waals surface area contributed by atoms with E-state index in [4.69, 9.17) is 5.26 Å². The molecule has 1 aromatic heterocycles. The minimum Gasteiger partial charge on any atom is -0.215 e. The molecule has 2 aromatic carbocycles. The molecule has 3 rings (SSSR count). The van der Waals surface area contributed by atoms with E-state index in [0.717, 1.165) is 22.0 Å². The molecule has 4 heteroatoms. The maximum atomic E-state index is 8.78. The zero-order valence-corrected chi connectivity index (χ0v) is 10.8. The summed E-state index contributed by atoms with van der Waals surface area (Å²) < 4.78 is 4.37. The van der Waals surface area contributed by atoms with Gasteiger partial charge in [-0.1, -0.05) is 42.5 Å². The van der Waals surface area contributed by atoms with Crippen LogP contribution in [0.4, 0.5) is 0 Å². The minimum absolute atomic E-state index is 0.650. The molecule has 0 bridgehead atoms. The van der Waals surface area contributed by atoms with Gasteiger partial charge in [0.25, 0.3) is 0 Å². The smallest absolute Gasteiger partial charge is 0.173 e. The average Bonchev–Trinajstić information content (AvgIpc) is 2.98. The number of rotatable bonds is 2. The van der Waals surface area contributed by atoms with E-state index in [1.54, 1.807) is 12.1 Å². The molecule has 19 heavy (non-hydrogen) atoms. The van der Waals surface area contributed by atoms with E-state index < -0.39 is 0 Å². The Morgan fingerprint density at radius 2 is 1.63 bits per heavy atom. The van der Waals surface area contributed by atoms with Crippen LogP contribution in [0, 0.1) is 11.3 Å². The quantitative estimate of drug-likeness (QED) is 0.707. The first-order valence-electron chi connectivity index (χ1n) is 5.76. The molecule has 3 aromatic rings. The van der Waals surface area contributed by atoms with Crippen LogP contribution in [0.2, 0.25) is 0 Å². The van der Waals surface area contributed by atoms with Crippen LogP contribution in [-0.2, 0) is 0 Å². The van der Waals surface area contributed by atoms with Crippen LogP contribution >= 0.6 is 11.5 Å². The highest BCUT2D eigenvalue weighted by molar-refractivity contribution is 7.09. The van der Waals surface area contributed by atoms with Crippen molar-refractivity contribution in [2.45, 2.75) is 0 Å².